The van der Waals surface area contributed by atoms with Gasteiger partial charge in [0.15, 0.2) is 0 Å². The zero-order chi connectivity index (χ0) is 13.4. The van der Waals surface area contributed by atoms with Gasteiger partial charge in [-0.15, -0.1) is 5.10 Å². The van der Waals surface area contributed by atoms with E-state index in [9.17, 15) is 0 Å². The van der Waals surface area contributed by atoms with E-state index < -0.39 is 0 Å². The van der Waals surface area contributed by atoms with Gasteiger partial charge in [-0.3, -0.25) is 4.90 Å². The van der Waals surface area contributed by atoms with Gasteiger partial charge in [0.05, 0.1) is 30.6 Å². The van der Waals surface area contributed by atoms with Crippen LogP contribution in [0.4, 0.5) is 0 Å². The van der Waals surface area contributed by atoms with Crippen LogP contribution < -0.4 is 0 Å². The lowest BCUT2D eigenvalue weighted by Crippen LogP contribution is -2.47. The molecule has 1 fully saturated rings. The molecule has 0 amide bonds. The molecule has 4 rings (SSSR count). The van der Waals surface area contributed by atoms with Gasteiger partial charge in [-0.25, -0.2) is 4.68 Å². The van der Waals surface area contributed by atoms with Crippen LogP contribution >= 0.6 is 0 Å². The van der Waals surface area contributed by atoms with Crippen LogP contribution in [0.3, 0.4) is 0 Å². The summed E-state index contributed by atoms with van der Waals surface area (Å²) in [5.74, 6) is 0. The summed E-state index contributed by atoms with van der Waals surface area (Å²) in [4.78, 5) is 2.48. The summed E-state index contributed by atoms with van der Waals surface area (Å²) in [6, 6.07) is 10.9. The molecule has 0 aliphatic carbocycles. The van der Waals surface area contributed by atoms with Gasteiger partial charge < -0.3 is 4.74 Å². The number of piperidine rings is 1. The normalized spacial score (nSPS) is 26.0. The Kier molecular flexibility index (Phi) is 3.01. The van der Waals surface area contributed by atoms with Crippen molar-refractivity contribution in [3.63, 3.8) is 0 Å². The van der Waals surface area contributed by atoms with E-state index in [4.69, 9.17) is 4.74 Å². The molecule has 5 nitrogen and oxygen atoms in total. The third-order valence-electron chi connectivity index (χ3n) is 4.26. The number of nitrogens with zero attached hydrogens (tertiary/aromatic N) is 4. The van der Waals surface area contributed by atoms with Crippen molar-refractivity contribution in [1.82, 2.24) is 19.9 Å². The molecule has 0 bridgehead atoms. The van der Waals surface area contributed by atoms with Crippen LogP contribution in [-0.2, 0) is 17.9 Å². The van der Waals surface area contributed by atoms with Crippen molar-refractivity contribution in [3.8, 4) is 0 Å². The molecule has 1 aromatic carbocycles. The Balaban J connectivity index is 1.51. The molecule has 3 heterocycles. The Morgan fingerprint density at radius 3 is 3.05 bits per heavy atom. The SMILES string of the molecule is c1ccc(CN2CC[C@@H]3OCc4cnnn4[C@H]3C2)cc1. The molecule has 2 aromatic rings. The molecule has 2 aliphatic rings. The molecule has 0 saturated carbocycles. The van der Waals surface area contributed by atoms with Crippen molar-refractivity contribution in [2.45, 2.75) is 31.7 Å². The maximum Gasteiger partial charge on any atom is 0.0930 e. The average Bonchev–Trinajstić information content (AvgIpc) is 2.97. The predicted octanol–water partition coefficient (Wildman–Crippen LogP) is 1.62. The first kappa shape index (κ1) is 12.1. The Bertz CT molecular complexity index is 583. The number of benzene rings is 1. The highest BCUT2D eigenvalue weighted by Gasteiger charge is 2.36. The topological polar surface area (TPSA) is 43.2 Å². The van der Waals surface area contributed by atoms with Gasteiger partial charge in [0, 0.05) is 19.6 Å². The molecule has 2 aliphatic heterocycles. The number of hydrogen-bond donors (Lipinski definition) is 0. The summed E-state index contributed by atoms with van der Waals surface area (Å²) in [5, 5.41) is 8.26. The quantitative estimate of drug-likeness (QED) is 0.832. The van der Waals surface area contributed by atoms with Gasteiger partial charge in [0.25, 0.3) is 0 Å². The number of ether oxygens (including phenoxy) is 1. The zero-order valence-electron chi connectivity index (χ0n) is 11.4. The van der Waals surface area contributed by atoms with Crippen LogP contribution in [0.15, 0.2) is 36.5 Å². The standard InChI is InChI=1S/C15H18N4O/c1-2-4-12(5-3-1)9-18-7-6-15-14(10-18)19-13(11-20-15)8-16-17-19/h1-5,8,14-15H,6-7,9-11H2/t14-,15-/m0/s1. The summed E-state index contributed by atoms with van der Waals surface area (Å²) >= 11 is 0. The van der Waals surface area contributed by atoms with Crippen LogP contribution in [0.25, 0.3) is 0 Å². The van der Waals surface area contributed by atoms with Crippen LogP contribution in [0.5, 0.6) is 0 Å². The van der Waals surface area contributed by atoms with Crippen LogP contribution in [-0.4, -0.2) is 39.1 Å². The lowest BCUT2D eigenvalue weighted by molar-refractivity contribution is -0.0669. The summed E-state index contributed by atoms with van der Waals surface area (Å²) in [7, 11) is 0. The molecular weight excluding hydrogens is 252 g/mol. The fourth-order valence-corrected chi connectivity index (χ4v) is 3.23. The largest absolute Gasteiger partial charge is 0.370 e. The van der Waals surface area contributed by atoms with Gasteiger partial charge >= 0.3 is 0 Å². The van der Waals surface area contributed by atoms with Crippen molar-refractivity contribution >= 4 is 0 Å². The van der Waals surface area contributed by atoms with Crippen LogP contribution in [0.2, 0.25) is 0 Å². The van der Waals surface area contributed by atoms with Crippen molar-refractivity contribution in [2.75, 3.05) is 13.1 Å². The third-order valence-corrected chi connectivity index (χ3v) is 4.26. The summed E-state index contributed by atoms with van der Waals surface area (Å²) in [6.07, 6.45) is 3.17. The third kappa shape index (κ3) is 2.13. The van der Waals surface area contributed by atoms with Crippen LogP contribution in [0, 0.1) is 0 Å². The molecule has 0 unspecified atom stereocenters. The van der Waals surface area contributed by atoms with E-state index >= 15 is 0 Å². The first-order valence-corrected chi connectivity index (χ1v) is 7.17. The Morgan fingerprint density at radius 1 is 1.25 bits per heavy atom. The maximum absolute atomic E-state index is 5.94. The van der Waals surface area contributed by atoms with Gasteiger partial charge in [-0.1, -0.05) is 35.5 Å². The molecule has 1 saturated heterocycles. The second kappa shape index (κ2) is 5.00. The first-order valence-electron chi connectivity index (χ1n) is 7.17. The highest BCUT2D eigenvalue weighted by Crippen LogP contribution is 2.30. The van der Waals surface area contributed by atoms with E-state index in [-0.39, 0.29) is 6.10 Å². The van der Waals surface area contributed by atoms with E-state index in [1.807, 2.05) is 6.20 Å². The number of fused-ring (bicyclic) bond motifs is 3. The second-order valence-corrected chi connectivity index (χ2v) is 5.60. The van der Waals surface area contributed by atoms with Gasteiger partial charge in [0.1, 0.15) is 0 Å². The molecule has 104 valence electrons. The van der Waals surface area contributed by atoms with E-state index in [1.54, 1.807) is 0 Å². The Hall–Kier alpha value is -1.72. The minimum absolute atomic E-state index is 0.288. The smallest absolute Gasteiger partial charge is 0.0930 e. The van der Waals surface area contributed by atoms with Gasteiger partial charge in [-0.05, 0) is 12.0 Å². The van der Waals surface area contributed by atoms with Gasteiger partial charge in [-0.2, -0.15) is 0 Å². The molecular formula is C15H18N4O. The molecule has 0 N–H and O–H groups in total. The van der Waals surface area contributed by atoms with E-state index in [1.165, 1.54) is 5.56 Å². The molecule has 20 heavy (non-hydrogen) atoms. The van der Waals surface area contributed by atoms with E-state index in [2.05, 4.69) is 50.2 Å². The number of rotatable bonds is 2. The molecule has 0 spiro atoms. The number of hydrogen-bond acceptors (Lipinski definition) is 4. The second-order valence-electron chi connectivity index (χ2n) is 5.60. The lowest BCUT2D eigenvalue weighted by atomic mass is 10.00. The Morgan fingerprint density at radius 2 is 2.15 bits per heavy atom. The van der Waals surface area contributed by atoms with Crippen molar-refractivity contribution < 1.29 is 4.74 Å². The predicted molar refractivity (Wildman–Crippen MR) is 74.0 cm³/mol. The molecule has 0 radical (unpaired) electrons. The summed E-state index contributed by atoms with van der Waals surface area (Å²) in [6.45, 7) is 3.71. The fraction of sp³-hybridized carbons (Fsp3) is 0.467. The highest BCUT2D eigenvalue weighted by atomic mass is 16.5. The Labute approximate surface area is 118 Å². The van der Waals surface area contributed by atoms with Crippen molar-refractivity contribution in [2.24, 2.45) is 0 Å². The minimum Gasteiger partial charge on any atom is -0.370 e. The lowest BCUT2D eigenvalue weighted by Gasteiger charge is -2.41. The molecule has 1 aromatic heterocycles. The monoisotopic (exact) mass is 270 g/mol. The van der Waals surface area contributed by atoms with Gasteiger partial charge in [0.2, 0.25) is 0 Å². The first-order chi connectivity index (χ1) is 9.90. The summed E-state index contributed by atoms with van der Waals surface area (Å²) < 4.78 is 8.00. The van der Waals surface area contributed by atoms with Crippen molar-refractivity contribution in [1.29, 1.82) is 0 Å². The zero-order valence-corrected chi connectivity index (χ0v) is 11.4. The number of aromatic nitrogens is 3. The average molecular weight is 270 g/mol. The van der Waals surface area contributed by atoms with Crippen molar-refractivity contribution in [3.05, 3.63) is 47.8 Å². The summed E-state index contributed by atoms with van der Waals surface area (Å²) in [5.41, 5.74) is 2.45. The maximum atomic E-state index is 5.94. The molecule has 2 atom stereocenters. The van der Waals surface area contributed by atoms with E-state index in [0.29, 0.717) is 12.6 Å². The fourth-order valence-electron chi connectivity index (χ4n) is 3.23. The van der Waals surface area contributed by atoms with E-state index in [0.717, 1.165) is 31.7 Å². The number of likely N-dealkylation sites (tertiary alicyclic amines) is 1. The molecule has 5 heteroatoms. The minimum atomic E-state index is 0.288. The highest BCUT2D eigenvalue weighted by molar-refractivity contribution is 5.14. The van der Waals surface area contributed by atoms with Crippen LogP contribution in [0.1, 0.15) is 23.7 Å².